The Labute approximate surface area is 116 Å². The van der Waals surface area contributed by atoms with Crippen molar-refractivity contribution in [2.45, 2.75) is 19.9 Å². The molecule has 0 saturated carbocycles. The average Bonchev–Trinajstić information content (AvgIpc) is 2.37. The zero-order valence-corrected chi connectivity index (χ0v) is 11.3. The van der Waals surface area contributed by atoms with Gasteiger partial charge in [-0.3, -0.25) is 0 Å². The number of nitrogens with one attached hydrogen (secondary N) is 1. The SMILES string of the molecule is CCOC(=O)/C=C(\C)NC(C(=O)O)c1ccc(O)cc1. The van der Waals surface area contributed by atoms with Crippen LogP contribution in [0.3, 0.4) is 0 Å². The highest BCUT2D eigenvalue weighted by atomic mass is 16.5. The van der Waals surface area contributed by atoms with E-state index < -0.39 is 18.0 Å². The molecule has 1 atom stereocenters. The molecule has 0 aliphatic heterocycles. The van der Waals surface area contributed by atoms with Gasteiger partial charge in [0.15, 0.2) is 0 Å². The van der Waals surface area contributed by atoms with Crippen molar-refractivity contribution < 1.29 is 24.5 Å². The highest BCUT2D eigenvalue weighted by molar-refractivity contribution is 5.83. The predicted octanol–water partition coefficient (Wildman–Crippen LogP) is 1.57. The van der Waals surface area contributed by atoms with Crippen LogP contribution in [0.5, 0.6) is 5.75 Å². The quantitative estimate of drug-likeness (QED) is 0.540. The number of aromatic hydroxyl groups is 1. The summed E-state index contributed by atoms with van der Waals surface area (Å²) in [6.45, 7) is 3.52. The second kappa shape index (κ2) is 7.18. The van der Waals surface area contributed by atoms with Crippen molar-refractivity contribution in [3.8, 4) is 5.75 Å². The summed E-state index contributed by atoms with van der Waals surface area (Å²) in [6.07, 6.45) is 1.19. The second-order valence-electron chi connectivity index (χ2n) is 4.09. The third-order valence-electron chi connectivity index (χ3n) is 2.47. The van der Waals surface area contributed by atoms with Gasteiger partial charge in [0, 0.05) is 11.8 Å². The number of phenolic OH excluding ortho intramolecular Hbond substituents is 1. The summed E-state index contributed by atoms with van der Waals surface area (Å²) in [5.41, 5.74) is 0.843. The van der Waals surface area contributed by atoms with Crippen LogP contribution in [0.15, 0.2) is 36.0 Å². The molecular weight excluding hydrogens is 262 g/mol. The lowest BCUT2D eigenvalue weighted by molar-refractivity contribution is -0.140. The maximum absolute atomic E-state index is 11.3. The number of carboxylic acid groups (broad SMARTS) is 1. The van der Waals surface area contributed by atoms with Gasteiger partial charge >= 0.3 is 11.9 Å². The van der Waals surface area contributed by atoms with Crippen LogP contribution < -0.4 is 5.32 Å². The van der Waals surface area contributed by atoms with E-state index in [1.165, 1.54) is 30.3 Å². The fraction of sp³-hybridized carbons (Fsp3) is 0.286. The van der Waals surface area contributed by atoms with Crippen molar-refractivity contribution in [3.63, 3.8) is 0 Å². The number of phenols is 1. The molecule has 1 aromatic carbocycles. The van der Waals surface area contributed by atoms with Crippen LogP contribution >= 0.6 is 0 Å². The number of hydrogen-bond acceptors (Lipinski definition) is 5. The number of allylic oxidation sites excluding steroid dienone is 1. The summed E-state index contributed by atoms with van der Waals surface area (Å²) in [4.78, 5) is 22.5. The van der Waals surface area contributed by atoms with Crippen LogP contribution in [0, 0.1) is 0 Å². The third kappa shape index (κ3) is 4.64. The molecule has 0 spiro atoms. The Morgan fingerprint density at radius 3 is 2.45 bits per heavy atom. The molecule has 0 aromatic heterocycles. The van der Waals surface area contributed by atoms with Crippen LogP contribution in [-0.4, -0.2) is 28.8 Å². The molecule has 6 heteroatoms. The molecule has 1 aromatic rings. The van der Waals surface area contributed by atoms with Crippen molar-refractivity contribution in [2.24, 2.45) is 0 Å². The van der Waals surface area contributed by atoms with Crippen LogP contribution in [0.1, 0.15) is 25.5 Å². The average molecular weight is 279 g/mol. The molecule has 108 valence electrons. The van der Waals surface area contributed by atoms with E-state index in [0.29, 0.717) is 11.3 Å². The molecule has 0 amide bonds. The first kappa shape index (κ1) is 15.6. The molecular formula is C14H17NO5. The van der Waals surface area contributed by atoms with Gasteiger partial charge in [0.1, 0.15) is 11.8 Å². The number of hydrogen-bond donors (Lipinski definition) is 3. The predicted molar refractivity (Wildman–Crippen MR) is 72.0 cm³/mol. The number of carboxylic acids is 1. The van der Waals surface area contributed by atoms with Crippen LogP contribution in [0.4, 0.5) is 0 Å². The lowest BCUT2D eigenvalue weighted by Gasteiger charge is -2.16. The minimum Gasteiger partial charge on any atom is -0.508 e. The van der Waals surface area contributed by atoms with Gasteiger partial charge < -0.3 is 20.3 Å². The lowest BCUT2D eigenvalue weighted by atomic mass is 10.1. The molecule has 3 N–H and O–H groups in total. The number of benzene rings is 1. The Morgan fingerprint density at radius 2 is 1.95 bits per heavy atom. The molecule has 0 fully saturated rings. The van der Waals surface area contributed by atoms with E-state index >= 15 is 0 Å². The summed E-state index contributed by atoms with van der Waals surface area (Å²) in [6, 6.07) is 4.79. The molecule has 6 nitrogen and oxygen atoms in total. The van der Waals surface area contributed by atoms with E-state index in [1.807, 2.05) is 0 Å². The normalized spacial score (nSPS) is 12.6. The molecule has 1 rings (SSSR count). The number of carbonyl (C=O) groups excluding carboxylic acids is 1. The van der Waals surface area contributed by atoms with E-state index in [4.69, 9.17) is 4.74 Å². The standard InChI is InChI=1S/C14H17NO5/c1-3-20-12(17)8-9(2)15-13(14(18)19)10-4-6-11(16)7-5-10/h4-8,13,15-16H,3H2,1-2H3,(H,18,19)/b9-8+. The van der Waals surface area contributed by atoms with Crippen molar-refractivity contribution in [1.82, 2.24) is 5.32 Å². The molecule has 0 aliphatic carbocycles. The zero-order valence-electron chi connectivity index (χ0n) is 11.3. The van der Waals surface area contributed by atoms with E-state index in [9.17, 15) is 19.8 Å². The van der Waals surface area contributed by atoms with Crippen molar-refractivity contribution in [1.29, 1.82) is 0 Å². The Balaban J connectivity index is 2.85. The van der Waals surface area contributed by atoms with Gasteiger partial charge in [0.2, 0.25) is 0 Å². The van der Waals surface area contributed by atoms with Gasteiger partial charge in [-0.15, -0.1) is 0 Å². The minimum atomic E-state index is -1.09. The summed E-state index contributed by atoms with van der Waals surface area (Å²) in [5.74, 6) is -1.57. The Bertz CT molecular complexity index is 507. The number of ether oxygens (including phenoxy) is 1. The monoisotopic (exact) mass is 279 g/mol. The number of carbonyl (C=O) groups is 2. The Morgan fingerprint density at radius 1 is 1.35 bits per heavy atom. The third-order valence-corrected chi connectivity index (χ3v) is 2.47. The van der Waals surface area contributed by atoms with Crippen LogP contribution in [0.25, 0.3) is 0 Å². The lowest BCUT2D eigenvalue weighted by Crippen LogP contribution is -2.27. The zero-order chi connectivity index (χ0) is 15.1. The maximum Gasteiger partial charge on any atom is 0.332 e. The van der Waals surface area contributed by atoms with E-state index in [1.54, 1.807) is 13.8 Å². The first-order chi connectivity index (χ1) is 9.43. The fourth-order valence-corrected chi connectivity index (χ4v) is 1.58. The minimum absolute atomic E-state index is 0.0525. The van der Waals surface area contributed by atoms with Gasteiger partial charge in [-0.2, -0.15) is 0 Å². The summed E-state index contributed by atoms with van der Waals surface area (Å²) >= 11 is 0. The smallest absolute Gasteiger partial charge is 0.332 e. The largest absolute Gasteiger partial charge is 0.508 e. The van der Waals surface area contributed by atoms with E-state index in [-0.39, 0.29) is 12.4 Å². The van der Waals surface area contributed by atoms with Crippen molar-refractivity contribution in [2.75, 3.05) is 6.61 Å². The van der Waals surface area contributed by atoms with Gasteiger partial charge in [0.25, 0.3) is 0 Å². The number of rotatable bonds is 6. The molecule has 20 heavy (non-hydrogen) atoms. The molecule has 1 unspecified atom stereocenters. The van der Waals surface area contributed by atoms with Gasteiger partial charge in [0.05, 0.1) is 6.61 Å². The summed E-state index contributed by atoms with van der Waals surface area (Å²) < 4.78 is 4.74. The van der Waals surface area contributed by atoms with E-state index in [2.05, 4.69) is 5.32 Å². The maximum atomic E-state index is 11.3. The second-order valence-corrected chi connectivity index (χ2v) is 4.09. The Kier molecular flexibility index (Phi) is 5.58. The molecule has 0 bridgehead atoms. The first-order valence-electron chi connectivity index (χ1n) is 6.07. The van der Waals surface area contributed by atoms with Crippen LogP contribution in [0.2, 0.25) is 0 Å². The molecule has 0 aliphatic rings. The van der Waals surface area contributed by atoms with Crippen molar-refractivity contribution >= 4 is 11.9 Å². The van der Waals surface area contributed by atoms with E-state index in [0.717, 1.165) is 0 Å². The number of aliphatic carboxylic acids is 1. The fourth-order valence-electron chi connectivity index (χ4n) is 1.58. The highest BCUT2D eigenvalue weighted by Gasteiger charge is 2.19. The van der Waals surface area contributed by atoms with Crippen LogP contribution in [-0.2, 0) is 14.3 Å². The van der Waals surface area contributed by atoms with Gasteiger partial charge in [-0.25, -0.2) is 9.59 Å². The number of esters is 1. The summed E-state index contributed by atoms with van der Waals surface area (Å²) in [5, 5.41) is 21.1. The Hall–Kier alpha value is -2.50. The first-order valence-corrected chi connectivity index (χ1v) is 6.07. The highest BCUT2D eigenvalue weighted by Crippen LogP contribution is 2.18. The molecule has 0 heterocycles. The summed E-state index contributed by atoms with van der Waals surface area (Å²) in [7, 11) is 0. The molecule has 0 radical (unpaired) electrons. The topological polar surface area (TPSA) is 95.9 Å². The van der Waals surface area contributed by atoms with Gasteiger partial charge in [-0.1, -0.05) is 12.1 Å². The van der Waals surface area contributed by atoms with Gasteiger partial charge in [-0.05, 0) is 31.5 Å². The molecule has 0 saturated heterocycles. The van der Waals surface area contributed by atoms with Crippen molar-refractivity contribution in [3.05, 3.63) is 41.6 Å².